The number of hydrogen-bond donors (Lipinski definition) is 3. The normalized spacial score (nSPS) is 20.0. The topological polar surface area (TPSA) is 110 Å². The fourth-order valence-corrected chi connectivity index (χ4v) is 4.24. The number of nitrogens with zero attached hydrogens (tertiary/aromatic N) is 1. The van der Waals surface area contributed by atoms with Crippen molar-refractivity contribution in [2.45, 2.75) is 46.0 Å². The number of ketones is 1. The van der Waals surface area contributed by atoms with Gasteiger partial charge in [0.2, 0.25) is 5.95 Å². The molecule has 1 atom stereocenters. The molecular formula is C22H26N4O3. The van der Waals surface area contributed by atoms with Gasteiger partial charge in [-0.15, -0.1) is 0 Å². The van der Waals surface area contributed by atoms with E-state index in [2.05, 4.69) is 36.1 Å². The standard InChI is InChI=1S/C22H26N4O3/c1-4-9-29-13-7-5-12(6-8-13)16-17-14(10-22(2,3)11-15(17)27)24-19-18(16)20(28)26-21(23)25-19/h5-8,16H,4,9-11H2,1-3H3,(H4,23,24,25,26,28)/t16-/m0/s1. The van der Waals surface area contributed by atoms with E-state index in [0.717, 1.165) is 23.4 Å². The van der Waals surface area contributed by atoms with E-state index < -0.39 is 5.92 Å². The quantitative estimate of drug-likeness (QED) is 0.734. The molecule has 7 nitrogen and oxygen atoms in total. The maximum absolute atomic E-state index is 13.1. The first-order valence-electron chi connectivity index (χ1n) is 9.95. The summed E-state index contributed by atoms with van der Waals surface area (Å²) in [5, 5.41) is 3.23. The van der Waals surface area contributed by atoms with Gasteiger partial charge in [0.05, 0.1) is 12.2 Å². The average Bonchev–Trinajstić information content (AvgIpc) is 2.64. The minimum Gasteiger partial charge on any atom is -0.494 e. The molecule has 0 saturated heterocycles. The minimum absolute atomic E-state index is 0.0498. The van der Waals surface area contributed by atoms with Crippen LogP contribution in [-0.2, 0) is 4.79 Å². The molecule has 152 valence electrons. The van der Waals surface area contributed by atoms with E-state index in [1.54, 1.807) is 0 Å². The van der Waals surface area contributed by atoms with Gasteiger partial charge in [-0.05, 0) is 36.0 Å². The fourth-order valence-electron chi connectivity index (χ4n) is 4.24. The van der Waals surface area contributed by atoms with Crippen molar-refractivity contribution >= 4 is 17.5 Å². The Hall–Kier alpha value is -3.09. The van der Waals surface area contributed by atoms with Crippen LogP contribution in [0.1, 0.15) is 57.1 Å². The van der Waals surface area contributed by atoms with Gasteiger partial charge in [0.1, 0.15) is 11.6 Å². The fraction of sp³-hybridized carbons (Fsp3) is 0.409. The Morgan fingerprint density at radius 1 is 1.21 bits per heavy atom. The lowest BCUT2D eigenvalue weighted by Crippen LogP contribution is -2.37. The molecule has 1 aromatic carbocycles. The summed E-state index contributed by atoms with van der Waals surface area (Å²) in [6, 6.07) is 7.59. The van der Waals surface area contributed by atoms with Crippen molar-refractivity contribution in [3.05, 3.63) is 57.0 Å². The summed E-state index contributed by atoms with van der Waals surface area (Å²) in [4.78, 5) is 32.8. The zero-order valence-electron chi connectivity index (χ0n) is 17.0. The number of rotatable bonds is 4. The van der Waals surface area contributed by atoms with E-state index in [0.29, 0.717) is 36.4 Å². The third-order valence-electron chi connectivity index (χ3n) is 5.43. The summed E-state index contributed by atoms with van der Waals surface area (Å²) in [5.74, 6) is 0.809. The highest BCUT2D eigenvalue weighted by Gasteiger charge is 2.42. The molecule has 0 bridgehead atoms. The number of nitrogens with two attached hydrogens (primary N) is 1. The summed E-state index contributed by atoms with van der Waals surface area (Å²) < 4.78 is 5.67. The van der Waals surface area contributed by atoms with Gasteiger partial charge in [-0.1, -0.05) is 32.9 Å². The Balaban J connectivity index is 1.86. The second-order valence-electron chi connectivity index (χ2n) is 8.52. The first kappa shape index (κ1) is 19.2. The van der Waals surface area contributed by atoms with E-state index in [1.165, 1.54) is 0 Å². The lowest BCUT2D eigenvalue weighted by Gasteiger charge is -2.38. The molecule has 0 unspecified atom stereocenters. The second kappa shape index (κ2) is 7.06. The molecule has 7 heteroatoms. The lowest BCUT2D eigenvalue weighted by molar-refractivity contribution is -0.118. The number of benzene rings is 1. The van der Waals surface area contributed by atoms with E-state index in [9.17, 15) is 9.59 Å². The number of fused-ring (bicyclic) bond motifs is 1. The largest absolute Gasteiger partial charge is 0.494 e. The number of allylic oxidation sites excluding steroid dienone is 2. The van der Waals surface area contributed by atoms with Gasteiger partial charge in [0, 0.05) is 23.6 Å². The van der Waals surface area contributed by atoms with Gasteiger partial charge in [0.15, 0.2) is 5.78 Å². The predicted octanol–water partition coefficient (Wildman–Crippen LogP) is 3.34. The Labute approximate surface area is 169 Å². The van der Waals surface area contributed by atoms with Gasteiger partial charge >= 0.3 is 0 Å². The van der Waals surface area contributed by atoms with Gasteiger partial charge in [-0.25, -0.2) is 0 Å². The van der Waals surface area contributed by atoms with Crippen molar-refractivity contribution in [2.24, 2.45) is 5.41 Å². The summed E-state index contributed by atoms with van der Waals surface area (Å²) >= 11 is 0. The smallest absolute Gasteiger partial charge is 0.258 e. The number of nitrogens with one attached hydrogen (secondary N) is 2. The SMILES string of the molecule is CCCOc1ccc([C@H]2C3=C(CC(C)(C)CC3=O)Nc3nc(N)[nH]c(=O)c32)cc1. The molecule has 1 aromatic heterocycles. The molecule has 0 saturated carbocycles. The van der Waals surface area contributed by atoms with E-state index >= 15 is 0 Å². The maximum atomic E-state index is 13.1. The summed E-state index contributed by atoms with van der Waals surface area (Å²) in [5.41, 5.74) is 8.04. The van der Waals surface area contributed by atoms with Gasteiger partial charge < -0.3 is 15.8 Å². The van der Waals surface area contributed by atoms with Crippen LogP contribution in [0.4, 0.5) is 11.8 Å². The molecule has 0 spiro atoms. The van der Waals surface area contributed by atoms with E-state index in [1.807, 2.05) is 24.3 Å². The maximum Gasteiger partial charge on any atom is 0.258 e. The minimum atomic E-state index is -0.484. The first-order valence-corrected chi connectivity index (χ1v) is 9.95. The van der Waals surface area contributed by atoms with Crippen LogP contribution < -0.4 is 21.3 Å². The van der Waals surface area contributed by atoms with Crippen molar-refractivity contribution in [1.29, 1.82) is 0 Å². The second-order valence-corrected chi connectivity index (χ2v) is 8.52. The summed E-state index contributed by atoms with van der Waals surface area (Å²) in [6.07, 6.45) is 2.07. The molecule has 2 aliphatic rings. The molecule has 0 fully saturated rings. The summed E-state index contributed by atoms with van der Waals surface area (Å²) in [6.45, 7) is 6.83. The van der Waals surface area contributed by atoms with Crippen LogP contribution in [0.2, 0.25) is 0 Å². The summed E-state index contributed by atoms with van der Waals surface area (Å²) in [7, 11) is 0. The predicted molar refractivity (Wildman–Crippen MR) is 112 cm³/mol. The molecule has 1 aliphatic heterocycles. The molecule has 29 heavy (non-hydrogen) atoms. The number of Topliss-reactive ketones (excluding diaryl/α,β-unsaturated/α-hetero) is 1. The zero-order chi connectivity index (χ0) is 20.8. The number of ether oxygens (including phenoxy) is 1. The number of nitrogen functional groups attached to an aromatic ring is 1. The molecule has 4 rings (SSSR count). The molecule has 0 amide bonds. The van der Waals surface area contributed by atoms with Crippen LogP contribution in [0.5, 0.6) is 5.75 Å². The Bertz CT molecular complexity index is 1050. The third kappa shape index (κ3) is 3.52. The third-order valence-corrected chi connectivity index (χ3v) is 5.43. The molecular weight excluding hydrogens is 368 g/mol. The number of anilines is 2. The van der Waals surface area contributed by atoms with Crippen LogP contribution in [0.3, 0.4) is 0 Å². The first-order chi connectivity index (χ1) is 13.8. The molecule has 4 N–H and O–H groups in total. The molecule has 2 aromatic rings. The zero-order valence-corrected chi connectivity index (χ0v) is 17.0. The number of aromatic nitrogens is 2. The Kier molecular flexibility index (Phi) is 4.68. The van der Waals surface area contributed by atoms with Gasteiger partial charge in [-0.3, -0.25) is 14.6 Å². The van der Waals surface area contributed by atoms with Crippen molar-refractivity contribution in [3.8, 4) is 5.75 Å². The van der Waals surface area contributed by atoms with Crippen molar-refractivity contribution < 1.29 is 9.53 Å². The lowest BCUT2D eigenvalue weighted by atomic mass is 9.69. The number of carbonyl (C=O) groups excluding carboxylic acids is 1. The van der Waals surface area contributed by atoms with Gasteiger partial charge in [0.25, 0.3) is 5.56 Å². The number of aromatic amines is 1. The number of hydrogen-bond acceptors (Lipinski definition) is 6. The van der Waals surface area contributed by atoms with Crippen LogP contribution in [0.15, 0.2) is 40.3 Å². The van der Waals surface area contributed by atoms with Crippen molar-refractivity contribution in [3.63, 3.8) is 0 Å². The Morgan fingerprint density at radius 3 is 2.62 bits per heavy atom. The Morgan fingerprint density at radius 2 is 1.93 bits per heavy atom. The monoisotopic (exact) mass is 394 g/mol. The van der Waals surface area contributed by atoms with Crippen LogP contribution in [0, 0.1) is 5.41 Å². The van der Waals surface area contributed by atoms with Crippen molar-refractivity contribution in [2.75, 3.05) is 17.7 Å². The number of H-pyrrole nitrogens is 1. The van der Waals surface area contributed by atoms with Crippen LogP contribution in [0.25, 0.3) is 0 Å². The molecule has 1 aliphatic carbocycles. The van der Waals surface area contributed by atoms with E-state index in [-0.39, 0.29) is 22.7 Å². The van der Waals surface area contributed by atoms with E-state index in [4.69, 9.17) is 10.5 Å². The highest BCUT2D eigenvalue weighted by molar-refractivity contribution is 6.01. The van der Waals surface area contributed by atoms with Gasteiger partial charge in [-0.2, -0.15) is 4.98 Å². The van der Waals surface area contributed by atoms with Crippen LogP contribution >= 0.6 is 0 Å². The highest BCUT2D eigenvalue weighted by atomic mass is 16.5. The van der Waals surface area contributed by atoms with Crippen molar-refractivity contribution in [1.82, 2.24) is 9.97 Å². The number of carbonyl (C=O) groups is 1. The van der Waals surface area contributed by atoms with Crippen LogP contribution in [-0.4, -0.2) is 22.4 Å². The average molecular weight is 394 g/mol. The highest BCUT2D eigenvalue weighted by Crippen LogP contribution is 2.47. The molecule has 2 heterocycles. The molecule has 0 radical (unpaired) electrons.